The molecule has 4 rings (SSSR count). The zero-order valence-electron chi connectivity index (χ0n) is 21.5. The number of hydrogen-bond donors (Lipinski definition) is 0. The molecule has 0 spiro atoms. The third-order valence-electron chi connectivity index (χ3n) is 5.18. The van der Waals surface area contributed by atoms with Crippen molar-refractivity contribution in [2.24, 2.45) is 0 Å². The second-order valence-corrected chi connectivity index (χ2v) is 7.54. The number of hydrogen-bond acceptors (Lipinski definition) is 11. The Labute approximate surface area is 207 Å². The SMILES string of the molecule is [2H]CC(=O)OC[C@H]1OC(n2cnc3c(C(=O)c4ccc(F)cc4)ncnc32)[C@H](OC(=O)C[2H])[C@@H]1OC(=O)C[2H]. The smallest absolute Gasteiger partial charge is 0.303 e. The summed E-state index contributed by atoms with van der Waals surface area (Å²) in [5, 5.41) is 0. The van der Waals surface area contributed by atoms with Crippen LogP contribution in [0.1, 0.15) is 47.1 Å². The van der Waals surface area contributed by atoms with E-state index >= 15 is 0 Å². The Morgan fingerprint density at radius 2 is 1.69 bits per heavy atom. The molecule has 3 heterocycles. The van der Waals surface area contributed by atoms with Crippen molar-refractivity contribution in [3.05, 3.63) is 54.0 Å². The summed E-state index contributed by atoms with van der Waals surface area (Å²) >= 11 is 0. The number of ketones is 1. The van der Waals surface area contributed by atoms with Crippen molar-refractivity contribution >= 4 is 34.9 Å². The van der Waals surface area contributed by atoms with Crippen LogP contribution in [0.25, 0.3) is 11.2 Å². The predicted octanol–water partition coefficient (Wildman–Crippen LogP) is 1.52. The van der Waals surface area contributed by atoms with Crippen LogP contribution in [0.5, 0.6) is 0 Å². The Kier molecular flexibility index (Phi) is 5.94. The highest BCUT2D eigenvalue weighted by Crippen LogP contribution is 2.36. The molecule has 12 nitrogen and oxygen atoms in total. The van der Waals surface area contributed by atoms with Gasteiger partial charge in [0.2, 0.25) is 5.78 Å². The van der Waals surface area contributed by atoms with Gasteiger partial charge in [-0.2, -0.15) is 0 Å². The van der Waals surface area contributed by atoms with Crippen LogP contribution in [0.4, 0.5) is 4.39 Å². The van der Waals surface area contributed by atoms with E-state index in [1.807, 2.05) is 0 Å². The van der Waals surface area contributed by atoms with E-state index in [0.29, 0.717) is 0 Å². The Hall–Kier alpha value is -4.26. The van der Waals surface area contributed by atoms with E-state index in [4.69, 9.17) is 23.1 Å². The number of halogens is 1. The molecule has 1 aliphatic heterocycles. The fraction of sp³-hybridized carbons (Fsp3) is 0.348. The molecular formula is C23H21FN4O8. The number of nitrogens with zero attached hydrogens (tertiary/aromatic N) is 4. The summed E-state index contributed by atoms with van der Waals surface area (Å²) in [5.41, 5.74) is 0.122. The molecule has 1 saturated heterocycles. The maximum atomic E-state index is 13.3. The van der Waals surface area contributed by atoms with Gasteiger partial charge in [0.05, 0.1) is 6.33 Å². The van der Waals surface area contributed by atoms with Gasteiger partial charge < -0.3 is 18.9 Å². The number of rotatable bonds is 7. The zero-order chi connectivity index (χ0) is 28.1. The van der Waals surface area contributed by atoms with Crippen molar-refractivity contribution in [1.82, 2.24) is 19.5 Å². The number of carbonyl (C=O) groups is 4. The molecular weight excluding hydrogens is 479 g/mol. The molecule has 0 bridgehead atoms. The topological polar surface area (TPSA) is 149 Å². The van der Waals surface area contributed by atoms with E-state index in [2.05, 4.69) is 15.0 Å². The molecule has 1 aliphatic rings. The Morgan fingerprint density at radius 1 is 1.00 bits per heavy atom. The van der Waals surface area contributed by atoms with Crippen LogP contribution < -0.4 is 0 Å². The third kappa shape index (κ3) is 5.05. The molecule has 13 heteroatoms. The minimum atomic E-state index is -1.40. The molecule has 1 fully saturated rings. The Balaban J connectivity index is 1.74. The van der Waals surface area contributed by atoms with E-state index in [0.717, 1.165) is 18.5 Å². The quantitative estimate of drug-likeness (QED) is 0.262. The highest BCUT2D eigenvalue weighted by Gasteiger charge is 2.51. The van der Waals surface area contributed by atoms with Gasteiger partial charge in [0.25, 0.3) is 0 Å². The minimum absolute atomic E-state index is 0.0322. The minimum Gasteiger partial charge on any atom is -0.463 e. The van der Waals surface area contributed by atoms with Crippen molar-refractivity contribution in [1.29, 1.82) is 0 Å². The second kappa shape index (κ2) is 10.2. The number of carbonyl (C=O) groups excluding carboxylic acids is 4. The van der Waals surface area contributed by atoms with Crippen LogP contribution in [-0.2, 0) is 33.3 Å². The van der Waals surface area contributed by atoms with Gasteiger partial charge in [-0.15, -0.1) is 0 Å². The largest absolute Gasteiger partial charge is 0.463 e. The highest BCUT2D eigenvalue weighted by atomic mass is 19.1. The van der Waals surface area contributed by atoms with Crippen LogP contribution in [0.15, 0.2) is 36.9 Å². The first-order chi connectivity index (χ1) is 18.8. The second-order valence-electron chi connectivity index (χ2n) is 7.54. The summed E-state index contributed by atoms with van der Waals surface area (Å²) in [5.74, 6) is -3.97. The molecule has 2 aromatic heterocycles. The summed E-state index contributed by atoms with van der Waals surface area (Å²) in [4.78, 5) is 61.2. The molecule has 0 N–H and O–H groups in total. The first kappa shape index (κ1) is 21.1. The number of esters is 3. The van der Waals surface area contributed by atoms with Crippen molar-refractivity contribution in [3.63, 3.8) is 0 Å². The highest BCUT2D eigenvalue weighted by molar-refractivity contribution is 6.13. The molecule has 1 aromatic carbocycles. The summed E-state index contributed by atoms with van der Waals surface area (Å²) in [7, 11) is 0. The van der Waals surface area contributed by atoms with Crippen LogP contribution in [0, 0.1) is 5.82 Å². The lowest BCUT2D eigenvalue weighted by atomic mass is 10.1. The van der Waals surface area contributed by atoms with Gasteiger partial charge in [-0.3, -0.25) is 23.7 Å². The lowest BCUT2D eigenvalue weighted by Crippen LogP contribution is -2.40. The first-order valence-electron chi connectivity index (χ1n) is 12.4. The normalized spacial score (nSPS) is 22.3. The molecule has 3 aromatic rings. The number of aromatic nitrogens is 4. The predicted molar refractivity (Wildman–Crippen MR) is 117 cm³/mol. The van der Waals surface area contributed by atoms with E-state index < -0.39 is 81.4 Å². The van der Waals surface area contributed by atoms with Gasteiger partial charge in [-0.25, -0.2) is 19.3 Å². The van der Waals surface area contributed by atoms with E-state index in [1.54, 1.807) is 0 Å². The van der Waals surface area contributed by atoms with Crippen molar-refractivity contribution in [3.8, 4) is 0 Å². The molecule has 0 aliphatic carbocycles. The number of imidazole rings is 1. The van der Waals surface area contributed by atoms with Gasteiger partial charge in [-0.05, 0) is 24.3 Å². The van der Waals surface area contributed by atoms with Gasteiger partial charge >= 0.3 is 17.9 Å². The standard InChI is InChI=1S/C23H21FN4O8/c1-11(29)33-8-16-20(34-12(2)30)21(35-13(3)31)23(36-16)28-10-27-18-17(25-9-26-22(18)28)19(32)14-4-6-15(24)7-5-14/h4-7,9-10,16,20-21,23H,8H2,1-3H3/t16-,20-,21-,23?/m1/s1/i1D,2D,3D. The van der Waals surface area contributed by atoms with Gasteiger partial charge in [0, 0.05) is 30.4 Å². The maximum absolute atomic E-state index is 13.3. The molecule has 0 radical (unpaired) electrons. The van der Waals surface area contributed by atoms with Crippen molar-refractivity contribution in [2.45, 2.75) is 45.2 Å². The van der Waals surface area contributed by atoms with Gasteiger partial charge in [-0.1, -0.05) is 0 Å². The number of fused-ring (bicyclic) bond motifs is 1. The average molecular weight is 503 g/mol. The van der Waals surface area contributed by atoms with E-state index in [1.165, 1.54) is 23.0 Å². The average Bonchev–Trinajstić information content (AvgIpc) is 3.52. The monoisotopic (exact) mass is 503 g/mol. The molecule has 0 amide bonds. The molecule has 0 saturated carbocycles. The molecule has 188 valence electrons. The maximum Gasteiger partial charge on any atom is 0.303 e. The lowest BCUT2D eigenvalue weighted by molar-refractivity contribution is -0.166. The van der Waals surface area contributed by atoms with Crippen LogP contribution in [0.2, 0.25) is 0 Å². The molecule has 1 unspecified atom stereocenters. The summed E-state index contributed by atoms with van der Waals surface area (Å²) in [6, 6.07) is 4.81. The first-order valence-corrected chi connectivity index (χ1v) is 10.3. The summed E-state index contributed by atoms with van der Waals surface area (Å²) in [6.45, 7) is -2.72. The Morgan fingerprint density at radius 3 is 2.39 bits per heavy atom. The number of benzene rings is 1. The van der Waals surface area contributed by atoms with Crippen LogP contribution in [0.3, 0.4) is 0 Å². The number of ether oxygens (including phenoxy) is 4. The van der Waals surface area contributed by atoms with Gasteiger partial charge in [0.1, 0.15) is 36.1 Å². The summed E-state index contributed by atoms with van der Waals surface area (Å²) < 4.78 is 57.9. The third-order valence-corrected chi connectivity index (χ3v) is 5.18. The molecule has 4 atom stereocenters. The van der Waals surface area contributed by atoms with Crippen LogP contribution >= 0.6 is 0 Å². The summed E-state index contributed by atoms with van der Waals surface area (Å²) in [6.07, 6.45) is -2.97. The van der Waals surface area contributed by atoms with E-state index in [-0.39, 0.29) is 22.4 Å². The van der Waals surface area contributed by atoms with E-state index in [9.17, 15) is 23.6 Å². The van der Waals surface area contributed by atoms with Crippen molar-refractivity contribution < 1.29 is 46.6 Å². The van der Waals surface area contributed by atoms with Crippen LogP contribution in [-0.4, -0.2) is 68.1 Å². The van der Waals surface area contributed by atoms with Crippen molar-refractivity contribution in [2.75, 3.05) is 6.61 Å². The molecule has 36 heavy (non-hydrogen) atoms. The zero-order valence-corrected chi connectivity index (χ0v) is 18.5. The fourth-order valence-corrected chi connectivity index (χ4v) is 3.75. The fourth-order valence-electron chi connectivity index (χ4n) is 3.75. The lowest BCUT2D eigenvalue weighted by Gasteiger charge is -2.23. The Bertz CT molecular complexity index is 1390. The van der Waals surface area contributed by atoms with Gasteiger partial charge in [0.15, 0.2) is 24.1 Å².